The summed E-state index contributed by atoms with van der Waals surface area (Å²) in [7, 11) is 0. The summed E-state index contributed by atoms with van der Waals surface area (Å²) < 4.78 is 5.87. The van der Waals surface area contributed by atoms with Crippen LogP contribution < -0.4 is 0 Å². The molecule has 0 radical (unpaired) electrons. The smallest absolute Gasteiger partial charge is 0.130 e. The van der Waals surface area contributed by atoms with Gasteiger partial charge >= 0.3 is 0 Å². The number of fused-ring (bicyclic) bond motifs is 4. The fourth-order valence-corrected chi connectivity index (χ4v) is 3.11. The lowest BCUT2D eigenvalue weighted by Crippen LogP contribution is -2.13. The molecule has 1 aromatic carbocycles. The van der Waals surface area contributed by atoms with Gasteiger partial charge in [-0.2, -0.15) is 0 Å². The second-order valence-electron chi connectivity index (χ2n) is 5.06. The van der Waals surface area contributed by atoms with Gasteiger partial charge in [-0.3, -0.25) is 4.98 Å². The van der Waals surface area contributed by atoms with Gasteiger partial charge < -0.3 is 4.74 Å². The molecule has 0 bridgehead atoms. The molecular weight excluding hydrogens is 222 g/mol. The first-order chi connectivity index (χ1) is 8.93. The molecule has 0 unspecified atom stereocenters. The van der Waals surface area contributed by atoms with E-state index in [4.69, 9.17) is 4.74 Å². The molecule has 1 aromatic heterocycles. The molecule has 2 nitrogen and oxygen atoms in total. The van der Waals surface area contributed by atoms with E-state index in [1.165, 1.54) is 40.5 Å². The fourth-order valence-electron chi connectivity index (χ4n) is 3.11. The van der Waals surface area contributed by atoms with Gasteiger partial charge in [0.2, 0.25) is 0 Å². The van der Waals surface area contributed by atoms with Crippen LogP contribution in [0.15, 0.2) is 36.2 Å². The number of aromatic nitrogens is 1. The van der Waals surface area contributed by atoms with Crippen LogP contribution in [0, 0.1) is 0 Å². The van der Waals surface area contributed by atoms with Crippen LogP contribution in [0.25, 0.3) is 16.3 Å². The van der Waals surface area contributed by atoms with Crippen molar-refractivity contribution in [1.82, 2.24) is 4.98 Å². The lowest BCUT2D eigenvalue weighted by molar-refractivity contribution is 0.176. The van der Waals surface area contributed by atoms with Gasteiger partial charge in [0.25, 0.3) is 0 Å². The molecule has 4 rings (SSSR count). The minimum absolute atomic E-state index is 0.638. The SMILES string of the molecule is c1ccc2c3c(ncc2c1)COC1=C3CCCC1. The molecule has 0 fully saturated rings. The molecule has 0 saturated carbocycles. The van der Waals surface area contributed by atoms with Crippen LogP contribution in [0.5, 0.6) is 0 Å². The molecule has 2 heteroatoms. The normalized spacial score (nSPS) is 18.2. The van der Waals surface area contributed by atoms with Gasteiger partial charge in [0.1, 0.15) is 12.4 Å². The number of hydrogen-bond donors (Lipinski definition) is 0. The lowest BCUT2D eigenvalue weighted by atomic mass is 9.87. The van der Waals surface area contributed by atoms with Crippen molar-refractivity contribution in [2.75, 3.05) is 0 Å². The van der Waals surface area contributed by atoms with E-state index in [1.54, 1.807) is 0 Å². The molecule has 2 heterocycles. The van der Waals surface area contributed by atoms with Crippen LogP contribution in [0.1, 0.15) is 36.9 Å². The Hall–Kier alpha value is -1.83. The van der Waals surface area contributed by atoms with Crippen LogP contribution in [0.4, 0.5) is 0 Å². The first kappa shape index (κ1) is 10.1. The predicted molar refractivity (Wildman–Crippen MR) is 71.9 cm³/mol. The van der Waals surface area contributed by atoms with Gasteiger partial charge in [-0.15, -0.1) is 0 Å². The maximum atomic E-state index is 5.87. The Balaban J connectivity index is 2.05. The zero-order valence-electron chi connectivity index (χ0n) is 10.3. The monoisotopic (exact) mass is 237 g/mol. The minimum Gasteiger partial charge on any atom is -0.491 e. The summed E-state index contributed by atoms with van der Waals surface area (Å²) >= 11 is 0. The summed E-state index contributed by atoms with van der Waals surface area (Å²) in [5.74, 6) is 1.21. The number of ether oxygens (including phenoxy) is 1. The van der Waals surface area contributed by atoms with E-state index in [0.29, 0.717) is 6.61 Å². The Kier molecular flexibility index (Phi) is 2.16. The Labute approximate surface area is 106 Å². The molecule has 90 valence electrons. The molecule has 0 N–H and O–H groups in total. The van der Waals surface area contributed by atoms with E-state index in [0.717, 1.165) is 18.5 Å². The van der Waals surface area contributed by atoms with Gasteiger partial charge in [0.05, 0.1) is 5.69 Å². The number of benzene rings is 1. The van der Waals surface area contributed by atoms with Gasteiger partial charge in [0, 0.05) is 23.6 Å². The average Bonchev–Trinajstić information content (AvgIpc) is 2.46. The number of pyridine rings is 1. The molecule has 1 aliphatic carbocycles. The molecule has 0 atom stereocenters. The zero-order valence-corrected chi connectivity index (χ0v) is 10.3. The van der Waals surface area contributed by atoms with Crippen molar-refractivity contribution in [3.05, 3.63) is 47.5 Å². The average molecular weight is 237 g/mol. The topological polar surface area (TPSA) is 22.1 Å². The first-order valence-electron chi connectivity index (χ1n) is 6.65. The maximum absolute atomic E-state index is 5.87. The minimum atomic E-state index is 0.638. The van der Waals surface area contributed by atoms with Crippen molar-refractivity contribution in [3.8, 4) is 0 Å². The molecule has 0 spiro atoms. The fraction of sp³-hybridized carbons (Fsp3) is 0.312. The second kappa shape index (κ2) is 3.84. The molecule has 2 aromatic rings. The highest BCUT2D eigenvalue weighted by atomic mass is 16.5. The lowest BCUT2D eigenvalue weighted by Gasteiger charge is -2.27. The van der Waals surface area contributed by atoms with Crippen molar-refractivity contribution in [2.24, 2.45) is 0 Å². The quantitative estimate of drug-likeness (QED) is 0.689. The van der Waals surface area contributed by atoms with E-state index >= 15 is 0 Å². The molecule has 0 amide bonds. The van der Waals surface area contributed by atoms with Crippen molar-refractivity contribution in [2.45, 2.75) is 32.3 Å². The van der Waals surface area contributed by atoms with E-state index in [-0.39, 0.29) is 0 Å². The molecule has 0 saturated heterocycles. The van der Waals surface area contributed by atoms with Gasteiger partial charge in [-0.1, -0.05) is 24.3 Å². The van der Waals surface area contributed by atoms with Crippen LogP contribution in [-0.4, -0.2) is 4.98 Å². The van der Waals surface area contributed by atoms with E-state index in [9.17, 15) is 0 Å². The summed E-state index contributed by atoms with van der Waals surface area (Å²) in [6.07, 6.45) is 6.72. The van der Waals surface area contributed by atoms with Gasteiger partial charge in [0.15, 0.2) is 0 Å². The summed E-state index contributed by atoms with van der Waals surface area (Å²) in [5, 5.41) is 2.57. The Morgan fingerprint density at radius 1 is 1.06 bits per heavy atom. The molecule has 18 heavy (non-hydrogen) atoms. The maximum Gasteiger partial charge on any atom is 0.130 e. The summed E-state index contributed by atoms with van der Waals surface area (Å²) in [6.45, 7) is 0.638. The zero-order chi connectivity index (χ0) is 11.9. The third kappa shape index (κ3) is 1.38. The standard InChI is InChI=1S/C16H15NO/c1-2-6-12-11(5-1)9-17-14-10-18-15-8-4-3-7-13(15)16(12)14/h1-2,5-6,9H,3-4,7-8,10H2. The van der Waals surface area contributed by atoms with Crippen molar-refractivity contribution >= 4 is 16.3 Å². The number of rotatable bonds is 0. The summed E-state index contributed by atoms with van der Waals surface area (Å²) in [6, 6.07) is 8.54. The van der Waals surface area contributed by atoms with Crippen LogP contribution in [0.3, 0.4) is 0 Å². The van der Waals surface area contributed by atoms with E-state index in [1.807, 2.05) is 6.20 Å². The second-order valence-corrected chi connectivity index (χ2v) is 5.06. The van der Waals surface area contributed by atoms with Crippen LogP contribution in [0.2, 0.25) is 0 Å². The van der Waals surface area contributed by atoms with Crippen molar-refractivity contribution < 1.29 is 4.74 Å². The third-order valence-electron chi connectivity index (χ3n) is 3.98. The highest BCUT2D eigenvalue weighted by Crippen LogP contribution is 2.40. The summed E-state index contributed by atoms with van der Waals surface area (Å²) in [5.41, 5.74) is 3.87. The number of hydrogen-bond acceptors (Lipinski definition) is 2. The van der Waals surface area contributed by atoms with E-state index < -0.39 is 0 Å². The first-order valence-corrected chi connectivity index (χ1v) is 6.65. The van der Waals surface area contributed by atoms with Crippen molar-refractivity contribution in [1.29, 1.82) is 0 Å². The Morgan fingerprint density at radius 3 is 2.94 bits per heavy atom. The van der Waals surface area contributed by atoms with Gasteiger partial charge in [-0.05, 0) is 30.2 Å². The predicted octanol–water partition coefficient (Wildman–Crippen LogP) is 4.05. The van der Waals surface area contributed by atoms with Crippen LogP contribution >= 0.6 is 0 Å². The largest absolute Gasteiger partial charge is 0.491 e. The molecule has 2 aliphatic rings. The Morgan fingerprint density at radius 2 is 1.94 bits per heavy atom. The van der Waals surface area contributed by atoms with Gasteiger partial charge in [-0.25, -0.2) is 0 Å². The molecule has 1 aliphatic heterocycles. The van der Waals surface area contributed by atoms with Crippen LogP contribution in [-0.2, 0) is 11.3 Å². The number of allylic oxidation sites excluding steroid dienone is 2. The third-order valence-corrected chi connectivity index (χ3v) is 3.98. The molecular formula is C16H15NO. The summed E-state index contributed by atoms with van der Waals surface area (Å²) in [4.78, 5) is 4.58. The number of nitrogens with zero attached hydrogens (tertiary/aromatic N) is 1. The highest BCUT2D eigenvalue weighted by molar-refractivity contribution is 5.95. The Bertz CT molecular complexity index is 657. The highest BCUT2D eigenvalue weighted by Gasteiger charge is 2.25. The van der Waals surface area contributed by atoms with E-state index in [2.05, 4.69) is 29.2 Å². The van der Waals surface area contributed by atoms with Crippen molar-refractivity contribution in [3.63, 3.8) is 0 Å².